The van der Waals surface area contributed by atoms with E-state index in [-0.39, 0.29) is 24.2 Å². The summed E-state index contributed by atoms with van der Waals surface area (Å²) in [5.74, 6) is -0.280. The number of halogens is 3. The molecule has 0 unspecified atom stereocenters. The van der Waals surface area contributed by atoms with Gasteiger partial charge in [-0.2, -0.15) is 0 Å². The van der Waals surface area contributed by atoms with Crippen LogP contribution >= 0.6 is 15.9 Å². The third-order valence-electron chi connectivity index (χ3n) is 3.18. The SMILES string of the molecule is O=C(NC1CCN(CC(F)F)CC1)c1ccc(Br)nn1. The molecule has 0 bridgehead atoms. The average Bonchev–Trinajstić information content (AvgIpc) is 2.41. The lowest BCUT2D eigenvalue weighted by atomic mass is 10.0. The summed E-state index contributed by atoms with van der Waals surface area (Å²) in [4.78, 5) is 13.6. The second-order valence-corrected chi connectivity index (χ2v) is 5.49. The monoisotopic (exact) mass is 348 g/mol. The largest absolute Gasteiger partial charge is 0.348 e. The Hall–Kier alpha value is -1.15. The first kappa shape index (κ1) is 15.2. The van der Waals surface area contributed by atoms with Gasteiger partial charge in [0.1, 0.15) is 4.60 Å². The summed E-state index contributed by atoms with van der Waals surface area (Å²) in [5.41, 5.74) is 0.253. The van der Waals surface area contributed by atoms with Crippen molar-refractivity contribution in [1.29, 1.82) is 0 Å². The number of piperidine rings is 1. The number of hydrogen-bond donors (Lipinski definition) is 1. The van der Waals surface area contributed by atoms with Crippen LogP contribution in [0.3, 0.4) is 0 Å². The van der Waals surface area contributed by atoms with Crippen molar-refractivity contribution >= 4 is 21.8 Å². The summed E-state index contributed by atoms with van der Waals surface area (Å²) in [6.07, 6.45) is -0.968. The van der Waals surface area contributed by atoms with Crippen LogP contribution in [0.2, 0.25) is 0 Å². The van der Waals surface area contributed by atoms with Gasteiger partial charge in [-0.15, -0.1) is 10.2 Å². The Morgan fingerprint density at radius 2 is 2.10 bits per heavy atom. The van der Waals surface area contributed by atoms with Crippen LogP contribution in [0.25, 0.3) is 0 Å². The molecule has 2 rings (SSSR count). The molecule has 1 fully saturated rings. The molecule has 8 heteroatoms. The van der Waals surface area contributed by atoms with Crippen molar-refractivity contribution in [3.05, 3.63) is 22.4 Å². The summed E-state index contributed by atoms with van der Waals surface area (Å²) in [5, 5.41) is 10.4. The van der Waals surface area contributed by atoms with E-state index in [1.54, 1.807) is 17.0 Å². The minimum atomic E-state index is -2.31. The summed E-state index contributed by atoms with van der Waals surface area (Å²) in [6.45, 7) is 0.946. The Balaban J connectivity index is 1.80. The van der Waals surface area contributed by atoms with Crippen molar-refractivity contribution in [2.24, 2.45) is 0 Å². The second kappa shape index (κ2) is 7.03. The molecule has 1 amide bonds. The second-order valence-electron chi connectivity index (χ2n) is 4.68. The Bertz CT molecular complexity index is 449. The number of rotatable bonds is 4. The number of aromatic nitrogens is 2. The standard InChI is InChI=1S/C12H15BrF2N4O/c13-10-2-1-9(17-18-10)12(20)16-8-3-5-19(6-4-8)7-11(14)15/h1-2,8,11H,3-7H2,(H,16,20). The topological polar surface area (TPSA) is 58.1 Å². The summed E-state index contributed by atoms with van der Waals surface area (Å²) in [6, 6.07) is 3.23. The van der Waals surface area contributed by atoms with E-state index in [0.717, 1.165) is 0 Å². The number of alkyl halides is 2. The highest BCUT2D eigenvalue weighted by Crippen LogP contribution is 2.12. The van der Waals surface area contributed by atoms with Gasteiger partial charge < -0.3 is 5.32 Å². The minimum Gasteiger partial charge on any atom is -0.348 e. The molecular formula is C12H15BrF2N4O. The van der Waals surface area contributed by atoms with E-state index in [2.05, 4.69) is 31.4 Å². The number of carbonyl (C=O) groups excluding carboxylic acids is 1. The van der Waals surface area contributed by atoms with E-state index in [4.69, 9.17) is 0 Å². The molecule has 110 valence electrons. The lowest BCUT2D eigenvalue weighted by Gasteiger charge is -2.31. The van der Waals surface area contributed by atoms with Crippen LogP contribution in [0.15, 0.2) is 16.7 Å². The molecule has 5 nitrogen and oxygen atoms in total. The normalized spacial score (nSPS) is 17.4. The Kier molecular flexibility index (Phi) is 5.36. The van der Waals surface area contributed by atoms with Crippen LogP contribution < -0.4 is 5.32 Å². The maximum Gasteiger partial charge on any atom is 0.272 e. The highest BCUT2D eigenvalue weighted by molar-refractivity contribution is 9.10. The Morgan fingerprint density at radius 3 is 2.65 bits per heavy atom. The zero-order chi connectivity index (χ0) is 14.5. The molecule has 1 aromatic rings. The molecule has 1 aliphatic rings. The maximum atomic E-state index is 12.3. The highest BCUT2D eigenvalue weighted by atomic mass is 79.9. The van der Waals surface area contributed by atoms with Crippen molar-refractivity contribution in [3.63, 3.8) is 0 Å². The molecule has 0 aliphatic carbocycles. The predicted molar refractivity (Wildman–Crippen MR) is 72.7 cm³/mol. The van der Waals surface area contributed by atoms with Crippen molar-refractivity contribution in [1.82, 2.24) is 20.4 Å². The zero-order valence-electron chi connectivity index (χ0n) is 10.7. The van der Waals surface area contributed by atoms with Gasteiger partial charge in [-0.3, -0.25) is 9.69 Å². The molecule has 0 aromatic carbocycles. The average molecular weight is 349 g/mol. The highest BCUT2D eigenvalue weighted by Gasteiger charge is 2.23. The van der Waals surface area contributed by atoms with Crippen molar-refractivity contribution in [2.45, 2.75) is 25.3 Å². The lowest BCUT2D eigenvalue weighted by Crippen LogP contribution is -2.45. The van der Waals surface area contributed by atoms with Gasteiger partial charge in [-0.25, -0.2) is 8.78 Å². The molecule has 2 heterocycles. The van der Waals surface area contributed by atoms with E-state index >= 15 is 0 Å². The van der Waals surface area contributed by atoms with Gasteiger partial charge in [0.2, 0.25) is 0 Å². The molecular weight excluding hydrogens is 334 g/mol. The molecule has 0 spiro atoms. The molecule has 0 radical (unpaired) electrons. The van der Waals surface area contributed by atoms with Crippen molar-refractivity contribution in [3.8, 4) is 0 Å². The van der Waals surface area contributed by atoms with Crippen LogP contribution in [0, 0.1) is 0 Å². The summed E-state index contributed by atoms with van der Waals surface area (Å²) in [7, 11) is 0. The van der Waals surface area contributed by atoms with Crippen LogP contribution in [0.5, 0.6) is 0 Å². The third-order valence-corrected chi connectivity index (χ3v) is 3.61. The van der Waals surface area contributed by atoms with Gasteiger partial charge in [-0.1, -0.05) is 0 Å². The van der Waals surface area contributed by atoms with Crippen LogP contribution in [-0.2, 0) is 0 Å². The predicted octanol–water partition coefficient (Wildman–Crippen LogP) is 1.70. The number of hydrogen-bond acceptors (Lipinski definition) is 4. The number of likely N-dealkylation sites (tertiary alicyclic amines) is 1. The van der Waals surface area contributed by atoms with Gasteiger partial charge >= 0.3 is 0 Å². The molecule has 1 saturated heterocycles. The van der Waals surface area contributed by atoms with Gasteiger partial charge in [0, 0.05) is 19.1 Å². The molecule has 20 heavy (non-hydrogen) atoms. The van der Waals surface area contributed by atoms with E-state index in [1.165, 1.54) is 0 Å². The van der Waals surface area contributed by atoms with Crippen molar-refractivity contribution in [2.75, 3.05) is 19.6 Å². The Labute approximate surface area is 123 Å². The number of carbonyl (C=O) groups is 1. The molecule has 1 aromatic heterocycles. The van der Waals surface area contributed by atoms with Crippen LogP contribution in [0.1, 0.15) is 23.3 Å². The smallest absolute Gasteiger partial charge is 0.272 e. The van der Waals surface area contributed by atoms with Crippen molar-refractivity contribution < 1.29 is 13.6 Å². The van der Waals surface area contributed by atoms with Crippen LogP contribution in [0.4, 0.5) is 8.78 Å². The number of nitrogens with zero attached hydrogens (tertiary/aromatic N) is 3. The van der Waals surface area contributed by atoms with E-state index in [1.807, 2.05) is 0 Å². The fraction of sp³-hybridized carbons (Fsp3) is 0.583. The molecule has 0 atom stereocenters. The maximum absolute atomic E-state index is 12.3. The molecule has 0 saturated carbocycles. The first-order chi connectivity index (χ1) is 9.54. The van der Waals surface area contributed by atoms with Crippen LogP contribution in [-0.4, -0.2) is 53.1 Å². The first-order valence-corrected chi connectivity index (χ1v) is 7.14. The fourth-order valence-electron chi connectivity index (χ4n) is 2.15. The van der Waals surface area contributed by atoms with E-state index < -0.39 is 6.43 Å². The van der Waals surface area contributed by atoms with E-state index in [9.17, 15) is 13.6 Å². The summed E-state index contributed by atoms with van der Waals surface area (Å²) < 4.78 is 25.1. The Morgan fingerprint density at radius 1 is 1.40 bits per heavy atom. The number of nitrogens with one attached hydrogen (secondary N) is 1. The third kappa shape index (κ3) is 4.45. The summed E-state index contributed by atoms with van der Waals surface area (Å²) >= 11 is 3.15. The first-order valence-electron chi connectivity index (χ1n) is 6.35. The van der Waals surface area contributed by atoms with Gasteiger partial charge in [-0.05, 0) is 40.9 Å². The lowest BCUT2D eigenvalue weighted by molar-refractivity contribution is 0.0695. The number of amides is 1. The van der Waals surface area contributed by atoms with Gasteiger partial charge in [0.25, 0.3) is 12.3 Å². The molecule has 1 aliphatic heterocycles. The minimum absolute atomic E-state index is 0.00173. The van der Waals surface area contributed by atoms with Gasteiger partial charge in [0.05, 0.1) is 6.54 Å². The van der Waals surface area contributed by atoms with E-state index in [0.29, 0.717) is 30.5 Å². The zero-order valence-corrected chi connectivity index (χ0v) is 12.3. The quantitative estimate of drug-likeness (QED) is 0.899. The molecule has 1 N–H and O–H groups in total. The fourth-order valence-corrected chi connectivity index (χ4v) is 2.36. The van der Waals surface area contributed by atoms with Gasteiger partial charge in [0.15, 0.2) is 5.69 Å².